The number of nitrogens with one attached hydrogen (secondary N) is 2. The molecule has 4 aliphatic rings. The molecule has 2 aliphatic heterocycles. The van der Waals surface area contributed by atoms with E-state index >= 15 is 4.39 Å². The van der Waals surface area contributed by atoms with Gasteiger partial charge in [0.1, 0.15) is 5.83 Å². The van der Waals surface area contributed by atoms with E-state index in [-0.39, 0.29) is 17.8 Å². The van der Waals surface area contributed by atoms with Crippen LogP contribution in [0.5, 0.6) is 0 Å². The minimum atomic E-state index is -0.268. The van der Waals surface area contributed by atoms with Crippen molar-refractivity contribution >= 4 is 12.0 Å². The Bertz CT molecular complexity index is 1400. The van der Waals surface area contributed by atoms with E-state index in [1.54, 1.807) is 11.0 Å². The summed E-state index contributed by atoms with van der Waals surface area (Å²) in [6.45, 7) is 7.91. The van der Waals surface area contributed by atoms with Crippen LogP contribution in [0.25, 0.3) is 0 Å². The van der Waals surface area contributed by atoms with Crippen LogP contribution in [0.4, 0.5) is 9.18 Å². The largest absolute Gasteiger partial charge is 0.453 e. The van der Waals surface area contributed by atoms with Gasteiger partial charge in [-0.2, -0.15) is 0 Å². The van der Waals surface area contributed by atoms with Gasteiger partial charge < -0.3 is 20.3 Å². The summed E-state index contributed by atoms with van der Waals surface area (Å²) in [5, 5.41) is 6.53. The third-order valence-corrected chi connectivity index (χ3v) is 8.86. The minimum absolute atomic E-state index is 0.148. The average Bonchev–Trinajstić information content (AvgIpc) is 3.37. The summed E-state index contributed by atoms with van der Waals surface area (Å²) in [7, 11) is 1.41. The second-order valence-electron chi connectivity index (χ2n) is 12.3. The van der Waals surface area contributed by atoms with E-state index in [4.69, 9.17) is 4.74 Å². The first-order valence-corrected chi connectivity index (χ1v) is 15.9. The zero-order chi connectivity index (χ0) is 30.9. The van der Waals surface area contributed by atoms with Gasteiger partial charge in [0, 0.05) is 63.0 Å². The SMILES string of the molecule is COC(=O)N1CCC(Cc2cccc(C(=O)NCC3=CCC=C(F)C(C4=CCC(CN5CCNC(C)C5)=CC=C4)=C3)c2)CC1. The lowest BCUT2D eigenvalue weighted by Gasteiger charge is -2.32. The van der Waals surface area contributed by atoms with Gasteiger partial charge in [0.25, 0.3) is 5.91 Å². The fraction of sp³-hybridized carbons (Fsp3) is 0.444. The molecule has 234 valence electrons. The topological polar surface area (TPSA) is 73.9 Å². The molecule has 2 saturated heterocycles. The Morgan fingerprint density at radius 1 is 1.14 bits per heavy atom. The predicted molar refractivity (Wildman–Crippen MR) is 173 cm³/mol. The summed E-state index contributed by atoms with van der Waals surface area (Å²) in [4.78, 5) is 29.1. The molecule has 0 aromatic heterocycles. The number of halogens is 1. The highest BCUT2D eigenvalue weighted by Crippen LogP contribution is 2.29. The Morgan fingerprint density at radius 2 is 1.98 bits per heavy atom. The second kappa shape index (κ2) is 15.3. The molecule has 2 N–H and O–H groups in total. The number of likely N-dealkylation sites (tertiary alicyclic amines) is 1. The number of carbonyl (C=O) groups excluding carboxylic acids is 2. The van der Waals surface area contributed by atoms with E-state index in [9.17, 15) is 9.59 Å². The lowest BCUT2D eigenvalue weighted by molar-refractivity contribution is 0.0956. The van der Waals surface area contributed by atoms with E-state index in [1.807, 2.05) is 42.5 Å². The first kappa shape index (κ1) is 31.7. The van der Waals surface area contributed by atoms with Gasteiger partial charge in [-0.05, 0) is 85.9 Å². The molecule has 0 bridgehead atoms. The summed E-state index contributed by atoms with van der Waals surface area (Å²) in [6.07, 6.45) is 17.4. The fourth-order valence-electron chi connectivity index (χ4n) is 6.41. The molecule has 0 spiro atoms. The standard InChI is InChI=1S/C36H45FN4O3/c1-26-24-40(19-16-38-26)25-28-6-3-9-31(13-12-28)33-22-30(8-5-11-34(33)37)23-39-35(42)32-10-4-7-29(21-32)20-27-14-17-41(18-15-27)36(43)44-2/h3-4,6-11,13,21-22,26-27,38H,5,12,14-20,23-25H2,1-2H3,(H,39,42). The van der Waals surface area contributed by atoms with Crippen LogP contribution in [0.1, 0.15) is 48.5 Å². The number of rotatable bonds is 8. The zero-order valence-corrected chi connectivity index (χ0v) is 26.0. The number of allylic oxidation sites excluding steroid dienone is 9. The molecule has 1 unspecified atom stereocenters. The Labute approximate surface area is 260 Å². The minimum Gasteiger partial charge on any atom is -0.453 e. The number of benzene rings is 1. The van der Waals surface area contributed by atoms with Crippen molar-refractivity contribution in [3.8, 4) is 0 Å². The van der Waals surface area contributed by atoms with E-state index in [1.165, 1.54) is 12.7 Å². The zero-order valence-electron chi connectivity index (χ0n) is 26.0. The summed E-state index contributed by atoms with van der Waals surface area (Å²) in [5.41, 5.74) is 5.35. The van der Waals surface area contributed by atoms with Crippen LogP contribution in [-0.2, 0) is 11.2 Å². The van der Waals surface area contributed by atoms with Crippen molar-refractivity contribution < 1.29 is 18.7 Å². The molecule has 2 aliphatic carbocycles. The predicted octanol–water partition coefficient (Wildman–Crippen LogP) is 5.65. The number of amides is 2. The van der Waals surface area contributed by atoms with Crippen LogP contribution in [0, 0.1) is 5.92 Å². The molecule has 1 aromatic rings. The van der Waals surface area contributed by atoms with Crippen molar-refractivity contribution in [3.63, 3.8) is 0 Å². The molecule has 1 aromatic carbocycles. The van der Waals surface area contributed by atoms with Gasteiger partial charge in [0.15, 0.2) is 0 Å². The molecule has 5 rings (SSSR count). The summed E-state index contributed by atoms with van der Waals surface area (Å²) in [6, 6.07) is 8.25. The smallest absolute Gasteiger partial charge is 0.409 e. The van der Waals surface area contributed by atoms with Crippen molar-refractivity contribution in [1.29, 1.82) is 0 Å². The van der Waals surface area contributed by atoms with Crippen molar-refractivity contribution in [2.24, 2.45) is 5.92 Å². The Kier molecular flexibility index (Phi) is 11.0. The molecular formula is C36H45FN4O3. The van der Waals surface area contributed by atoms with E-state index < -0.39 is 0 Å². The van der Waals surface area contributed by atoms with Gasteiger partial charge in [-0.25, -0.2) is 9.18 Å². The highest BCUT2D eigenvalue weighted by atomic mass is 19.1. The molecule has 0 saturated carbocycles. The third kappa shape index (κ3) is 8.67. The molecule has 8 heteroatoms. The Morgan fingerprint density at radius 3 is 2.77 bits per heavy atom. The molecule has 2 heterocycles. The van der Waals surface area contributed by atoms with Gasteiger partial charge in [0.05, 0.1) is 7.11 Å². The van der Waals surface area contributed by atoms with Gasteiger partial charge in [0.2, 0.25) is 0 Å². The average molecular weight is 601 g/mol. The number of carbonyl (C=O) groups is 2. The van der Waals surface area contributed by atoms with Gasteiger partial charge in [-0.15, -0.1) is 0 Å². The van der Waals surface area contributed by atoms with Gasteiger partial charge in [-0.3, -0.25) is 9.69 Å². The van der Waals surface area contributed by atoms with Crippen LogP contribution in [0.15, 0.2) is 94.9 Å². The molecular weight excluding hydrogens is 555 g/mol. The lowest BCUT2D eigenvalue weighted by Crippen LogP contribution is -2.49. The number of methoxy groups -OCH3 is 1. The van der Waals surface area contributed by atoms with Gasteiger partial charge >= 0.3 is 6.09 Å². The van der Waals surface area contributed by atoms with Crippen LogP contribution < -0.4 is 10.6 Å². The van der Waals surface area contributed by atoms with E-state index in [0.717, 1.165) is 68.6 Å². The molecule has 0 radical (unpaired) electrons. The number of piperazine rings is 1. The van der Waals surface area contributed by atoms with Crippen molar-refractivity contribution in [2.45, 2.75) is 45.1 Å². The monoisotopic (exact) mass is 600 g/mol. The number of piperidine rings is 1. The molecule has 44 heavy (non-hydrogen) atoms. The van der Waals surface area contributed by atoms with Crippen LogP contribution in [0.3, 0.4) is 0 Å². The second-order valence-corrected chi connectivity index (χ2v) is 12.3. The molecule has 2 fully saturated rings. The van der Waals surface area contributed by atoms with Crippen molar-refractivity contribution in [2.75, 3.05) is 52.9 Å². The molecule has 1 atom stereocenters. The maximum Gasteiger partial charge on any atom is 0.409 e. The third-order valence-electron chi connectivity index (χ3n) is 8.86. The van der Waals surface area contributed by atoms with Crippen LogP contribution in [0.2, 0.25) is 0 Å². The number of hydrogen-bond acceptors (Lipinski definition) is 5. The number of nitrogens with zero attached hydrogens (tertiary/aromatic N) is 2. The summed E-state index contributed by atoms with van der Waals surface area (Å²) < 4.78 is 20.1. The number of hydrogen-bond donors (Lipinski definition) is 2. The maximum absolute atomic E-state index is 15.2. The fourth-order valence-corrected chi connectivity index (χ4v) is 6.41. The van der Waals surface area contributed by atoms with Crippen molar-refractivity contribution in [3.05, 3.63) is 106 Å². The first-order valence-electron chi connectivity index (χ1n) is 15.9. The van der Waals surface area contributed by atoms with Gasteiger partial charge in [-0.1, -0.05) is 48.1 Å². The van der Waals surface area contributed by atoms with Crippen LogP contribution >= 0.6 is 0 Å². The normalized spacial score (nSPS) is 21.7. The first-order chi connectivity index (χ1) is 21.4. The quantitative estimate of drug-likeness (QED) is 0.403. The maximum atomic E-state index is 15.2. The summed E-state index contributed by atoms with van der Waals surface area (Å²) in [5.74, 6) is 0.0780. The molecule has 7 nitrogen and oxygen atoms in total. The highest BCUT2D eigenvalue weighted by Gasteiger charge is 2.24. The van der Waals surface area contributed by atoms with Crippen LogP contribution in [-0.4, -0.2) is 80.8 Å². The van der Waals surface area contributed by atoms with E-state index in [2.05, 4.69) is 40.7 Å². The highest BCUT2D eigenvalue weighted by molar-refractivity contribution is 5.94. The Balaban J connectivity index is 1.16. The number of ether oxygens (including phenoxy) is 1. The van der Waals surface area contributed by atoms with Crippen molar-refractivity contribution in [1.82, 2.24) is 20.4 Å². The van der Waals surface area contributed by atoms with E-state index in [0.29, 0.717) is 49.2 Å². The summed E-state index contributed by atoms with van der Waals surface area (Å²) >= 11 is 0. The lowest BCUT2D eigenvalue weighted by atomic mass is 9.90. The molecule has 2 amide bonds. The Hall–Kier alpha value is -3.75.